The number of nitrogens with zero attached hydrogens (tertiary/aromatic N) is 4. The van der Waals surface area contributed by atoms with E-state index in [1.54, 1.807) is 11.8 Å². The number of carbonyl (C=O) groups is 2. The zero-order chi connectivity index (χ0) is 41.6. The molecule has 7 aromatic rings. The van der Waals surface area contributed by atoms with E-state index in [1.165, 1.54) is 45.9 Å². The van der Waals surface area contributed by atoms with Crippen molar-refractivity contribution in [2.24, 2.45) is 0 Å². The van der Waals surface area contributed by atoms with Gasteiger partial charge in [0.15, 0.2) is 6.20 Å². The fraction of sp³-hybridized carbons (Fsp3) is 0.200. The second kappa shape index (κ2) is 18.3. The van der Waals surface area contributed by atoms with Crippen molar-refractivity contribution >= 4 is 79.3 Å². The molecule has 302 valence electrons. The molecule has 0 unspecified atom stereocenters. The van der Waals surface area contributed by atoms with Gasteiger partial charge in [-0.2, -0.15) is 9.13 Å². The number of benzene rings is 5. The maximum Gasteiger partial charge on any atom is 0.222 e. The van der Waals surface area contributed by atoms with Gasteiger partial charge in [0.1, 0.15) is 6.54 Å². The Kier molecular flexibility index (Phi) is 12.3. The Labute approximate surface area is 355 Å². The van der Waals surface area contributed by atoms with Crippen LogP contribution in [0.1, 0.15) is 32.3 Å². The van der Waals surface area contributed by atoms with Crippen molar-refractivity contribution in [3.63, 3.8) is 0 Å². The fourth-order valence-electron chi connectivity index (χ4n) is 8.20. The lowest BCUT2D eigenvalue weighted by atomic mass is 9.98. The summed E-state index contributed by atoms with van der Waals surface area (Å²) in [6.07, 6.45) is 10.2. The molecule has 0 radical (unpaired) electrons. The third-order valence-electron chi connectivity index (χ3n) is 10.9. The predicted molar refractivity (Wildman–Crippen MR) is 246 cm³/mol. The van der Waals surface area contributed by atoms with E-state index >= 15 is 0 Å². The Bertz CT molecular complexity index is 2790. The van der Waals surface area contributed by atoms with E-state index < -0.39 is 0 Å². The topological polar surface area (TPSA) is 92.7 Å². The number of para-hydroxylation sites is 2. The molecule has 2 amide bonds. The van der Waals surface area contributed by atoms with Gasteiger partial charge in [0.2, 0.25) is 35.2 Å². The van der Waals surface area contributed by atoms with Gasteiger partial charge in [-0.15, -0.1) is 0 Å². The van der Waals surface area contributed by atoms with Crippen LogP contribution in [0.3, 0.4) is 0 Å². The van der Waals surface area contributed by atoms with Gasteiger partial charge in [0.25, 0.3) is 0 Å². The summed E-state index contributed by atoms with van der Waals surface area (Å²) >= 11 is 1.79. The Morgan fingerprint density at radius 1 is 0.750 bits per heavy atom. The Morgan fingerprint density at radius 2 is 1.45 bits per heavy atom. The lowest BCUT2D eigenvalue weighted by Crippen LogP contribution is -2.47. The van der Waals surface area contributed by atoms with Crippen LogP contribution in [0.4, 0.5) is 17.1 Å². The maximum atomic E-state index is 12.2. The molecule has 9 nitrogen and oxygen atoms in total. The molecule has 0 atom stereocenters. The molecule has 3 heterocycles. The van der Waals surface area contributed by atoms with E-state index in [0.29, 0.717) is 25.3 Å². The highest BCUT2D eigenvalue weighted by molar-refractivity contribution is 8.03. The molecule has 1 aliphatic rings. The van der Waals surface area contributed by atoms with Gasteiger partial charge in [0, 0.05) is 92.4 Å². The monoisotopic (exact) mass is 814 g/mol. The lowest BCUT2D eigenvalue weighted by Gasteiger charge is -2.21. The van der Waals surface area contributed by atoms with E-state index in [4.69, 9.17) is 0 Å². The molecule has 1 aliphatic heterocycles. The number of allylic oxidation sites excluding steroid dienone is 2. The van der Waals surface area contributed by atoms with Gasteiger partial charge in [-0.25, -0.2) is 4.90 Å². The van der Waals surface area contributed by atoms with Gasteiger partial charge in [0.05, 0.1) is 26.9 Å². The number of hydrogen-bond acceptors (Lipinski definition) is 6. The second-order valence-electron chi connectivity index (χ2n) is 15.2. The van der Waals surface area contributed by atoms with Crippen molar-refractivity contribution in [3.05, 3.63) is 150 Å². The van der Waals surface area contributed by atoms with E-state index in [-0.39, 0.29) is 18.4 Å². The third kappa shape index (κ3) is 8.82. The number of carbonyl (C=O) groups excluding carboxylic acids is 2. The molecule has 60 heavy (non-hydrogen) atoms. The van der Waals surface area contributed by atoms with Crippen molar-refractivity contribution in [3.8, 4) is 11.3 Å². The molecule has 5 aromatic carbocycles. The van der Waals surface area contributed by atoms with Crippen LogP contribution >= 0.6 is 11.8 Å². The first-order chi connectivity index (χ1) is 29.3. The van der Waals surface area contributed by atoms with Gasteiger partial charge in [-0.1, -0.05) is 72.4 Å². The summed E-state index contributed by atoms with van der Waals surface area (Å²) < 4.78 is 4.66. The molecular weight excluding hydrogens is 765 g/mol. The quantitative estimate of drug-likeness (QED) is 0.0750. The van der Waals surface area contributed by atoms with Crippen molar-refractivity contribution in [2.75, 3.05) is 42.3 Å². The first kappa shape index (κ1) is 40.4. The molecule has 0 saturated carbocycles. The van der Waals surface area contributed by atoms with Crippen molar-refractivity contribution in [1.29, 1.82) is 0 Å². The van der Waals surface area contributed by atoms with Crippen LogP contribution in [0.25, 0.3) is 49.9 Å². The number of amides is 2. The Balaban J connectivity index is 1.11. The lowest BCUT2D eigenvalue weighted by molar-refractivity contribution is -0.682. The summed E-state index contributed by atoms with van der Waals surface area (Å²) in [5.41, 5.74) is 8.01. The van der Waals surface area contributed by atoms with E-state index in [9.17, 15) is 14.7 Å². The summed E-state index contributed by atoms with van der Waals surface area (Å²) in [5.74, 6) is -0.268. The van der Waals surface area contributed by atoms with Crippen molar-refractivity contribution in [2.45, 2.75) is 44.8 Å². The summed E-state index contributed by atoms with van der Waals surface area (Å²) in [5, 5.41) is 21.5. The van der Waals surface area contributed by atoms with Crippen LogP contribution in [-0.4, -0.2) is 48.6 Å². The number of thioether (sulfide) groups is 1. The van der Waals surface area contributed by atoms with E-state index in [2.05, 4.69) is 146 Å². The molecule has 0 aliphatic carbocycles. The first-order valence-corrected chi connectivity index (χ1v) is 21.3. The summed E-state index contributed by atoms with van der Waals surface area (Å²) in [6, 6.07) is 41.7. The number of aliphatic hydroxyl groups excluding tert-OH is 1. The normalized spacial score (nSPS) is 13.3. The van der Waals surface area contributed by atoms with E-state index in [1.807, 2.05) is 36.4 Å². The summed E-state index contributed by atoms with van der Waals surface area (Å²) in [7, 11) is 2.12. The minimum atomic E-state index is -0.136. The molecule has 0 bridgehead atoms. The van der Waals surface area contributed by atoms with Crippen LogP contribution in [0.2, 0.25) is 0 Å². The number of rotatable bonds is 14. The molecule has 0 fully saturated rings. The van der Waals surface area contributed by atoms with Crippen LogP contribution < -0.4 is 24.7 Å². The Morgan fingerprint density at radius 3 is 2.22 bits per heavy atom. The van der Waals surface area contributed by atoms with Gasteiger partial charge >= 0.3 is 0 Å². The number of nitrogens with one attached hydrogen (secondary N) is 2. The molecule has 3 N–H and O–H groups in total. The van der Waals surface area contributed by atoms with Gasteiger partial charge < -0.3 is 20.6 Å². The zero-order valence-electron chi connectivity index (χ0n) is 34.3. The summed E-state index contributed by atoms with van der Waals surface area (Å²) in [6.45, 7) is 5.95. The number of aromatic nitrogens is 2. The maximum absolute atomic E-state index is 12.2. The van der Waals surface area contributed by atoms with Crippen molar-refractivity contribution < 1.29 is 23.8 Å². The molecule has 0 spiro atoms. The van der Waals surface area contributed by atoms with Crippen molar-refractivity contribution in [1.82, 2.24) is 4.90 Å². The Hall–Kier alpha value is -6.33. The highest BCUT2D eigenvalue weighted by Crippen LogP contribution is 2.44. The van der Waals surface area contributed by atoms with Crippen LogP contribution in [0, 0.1) is 0 Å². The number of aliphatic hydroxyl groups is 1. The number of pyridine rings is 2. The number of fused-ring (bicyclic) bond motifs is 5. The largest absolute Gasteiger partial charge is 0.396 e. The molecule has 8 rings (SSSR count). The minimum Gasteiger partial charge on any atom is -0.396 e. The number of anilines is 3. The van der Waals surface area contributed by atoms with Crippen LogP contribution in [0.5, 0.6) is 0 Å². The predicted octanol–water partition coefficient (Wildman–Crippen LogP) is 9.13. The molecule has 10 heteroatoms. The third-order valence-corrected chi connectivity index (χ3v) is 12.1. The highest BCUT2D eigenvalue weighted by atomic mass is 32.2. The SMILES string of the molecule is CC(=O)Nc1ccc2c(c1)c(-c1ccccc1)[n+](CN(CCCO)CCC[n+]1ccc(/C=C/C=C3\Sc4ccccc4N3C)c3ccccc31)c1cc(NC(C)=O)ccc21. The van der Waals surface area contributed by atoms with Crippen LogP contribution in [0.15, 0.2) is 150 Å². The minimum absolute atomic E-state index is 0.0882. The van der Waals surface area contributed by atoms with Gasteiger partial charge in [-0.05, 0) is 72.7 Å². The molecular formula is C50H50N6O3S+2. The standard InChI is InChI=1S/C50H48N6O3S/c1-35(58)51-39-22-24-42-43-25-23-40(52-36(2)59)33-47(43)56(50(44(42)32-39)38-14-5-4-6-15-38)34-54(28-13-31-57)27-12-29-55-30-26-37(41-17-7-8-18-45(41)55)16-11-21-49-53(3)46-19-9-10-20-48(46)60-49/h4-11,14-26,30,32-33,57H,12-13,27-29,31,34H2,1-3H3/p+2. The summed E-state index contributed by atoms with van der Waals surface area (Å²) in [4.78, 5) is 30.3. The van der Waals surface area contributed by atoms with E-state index in [0.717, 1.165) is 58.1 Å². The highest BCUT2D eigenvalue weighted by Gasteiger charge is 2.27. The van der Waals surface area contributed by atoms with Gasteiger partial charge in [-0.3, -0.25) is 9.59 Å². The number of aryl methyl sites for hydroxylation is 1. The van der Waals surface area contributed by atoms with Crippen LogP contribution in [-0.2, 0) is 22.8 Å². The average Bonchev–Trinajstić information content (AvgIpc) is 3.57. The first-order valence-electron chi connectivity index (χ1n) is 20.4. The zero-order valence-corrected chi connectivity index (χ0v) is 35.1. The molecule has 0 saturated heterocycles. The number of hydrogen-bond donors (Lipinski definition) is 3. The fourth-order valence-corrected chi connectivity index (χ4v) is 9.26. The molecule has 2 aromatic heterocycles. The second-order valence-corrected chi connectivity index (χ2v) is 16.2. The smallest absolute Gasteiger partial charge is 0.222 e. The average molecular weight is 815 g/mol.